The zero-order chi connectivity index (χ0) is 9.98. The lowest BCUT2D eigenvalue weighted by atomic mass is 10.3. The summed E-state index contributed by atoms with van der Waals surface area (Å²) in [6, 6.07) is 0. The number of likely N-dealkylation sites (N-methyl/N-ethyl adjacent to an activating group) is 1. The van der Waals surface area contributed by atoms with Gasteiger partial charge in [0, 0.05) is 13.1 Å². The summed E-state index contributed by atoms with van der Waals surface area (Å²) >= 11 is 4.16. The highest BCUT2D eigenvalue weighted by molar-refractivity contribution is 7.77. The molecule has 0 aromatic rings. The van der Waals surface area contributed by atoms with Gasteiger partial charge in [-0.05, 0) is 17.8 Å². The smallest absolute Gasteiger partial charge is 0.0332 e. The molecule has 0 rings (SSSR count). The summed E-state index contributed by atoms with van der Waals surface area (Å²) in [6.45, 7) is 13.5. The highest BCUT2D eigenvalue weighted by atomic mass is 32.1. The van der Waals surface area contributed by atoms with E-state index < -0.39 is 0 Å². The van der Waals surface area contributed by atoms with Gasteiger partial charge in [-0.15, -0.1) is 13.2 Å². The molecular formula is C9H18N2S. The van der Waals surface area contributed by atoms with Gasteiger partial charge in [0.15, 0.2) is 0 Å². The van der Waals surface area contributed by atoms with E-state index >= 15 is 0 Å². The summed E-state index contributed by atoms with van der Waals surface area (Å²) in [5, 5.41) is 0. The molecule has 0 aromatic carbocycles. The van der Waals surface area contributed by atoms with Gasteiger partial charge in [-0.1, -0.05) is 26.3 Å². The second-order valence-corrected chi connectivity index (χ2v) is 2.56. The maximum atomic E-state index is 5.16. The second kappa shape index (κ2) is 10.3. The number of thiol groups is 1. The van der Waals surface area contributed by atoms with E-state index in [1.807, 2.05) is 11.2 Å². The molecule has 2 nitrogen and oxygen atoms in total. The van der Waals surface area contributed by atoms with Gasteiger partial charge in [0.1, 0.15) is 0 Å². The minimum Gasteiger partial charge on any atom is -0.405 e. The van der Waals surface area contributed by atoms with Gasteiger partial charge in [0.05, 0.1) is 0 Å². The van der Waals surface area contributed by atoms with Crippen LogP contribution in [0.1, 0.15) is 6.92 Å². The van der Waals surface area contributed by atoms with E-state index in [-0.39, 0.29) is 0 Å². The molecule has 0 aliphatic heterocycles. The van der Waals surface area contributed by atoms with Crippen LogP contribution in [0.4, 0.5) is 0 Å². The molecule has 0 bridgehead atoms. The minimum absolute atomic E-state index is 0.757. The van der Waals surface area contributed by atoms with Gasteiger partial charge < -0.3 is 5.73 Å². The van der Waals surface area contributed by atoms with Crippen molar-refractivity contribution in [3.8, 4) is 0 Å². The molecule has 0 heterocycles. The highest BCUT2D eigenvalue weighted by Gasteiger charge is 1.94. The lowest BCUT2D eigenvalue weighted by molar-refractivity contribution is 0.549. The molecule has 0 atom stereocenters. The number of nitrogens with zero attached hydrogens (tertiary/aromatic N) is 1. The van der Waals surface area contributed by atoms with Crippen molar-refractivity contribution in [2.45, 2.75) is 6.92 Å². The molecule has 0 unspecified atom stereocenters. The van der Waals surface area contributed by atoms with E-state index in [1.54, 1.807) is 6.08 Å². The first-order valence-electron chi connectivity index (χ1n) is 3.70. The average Bonchev–Trinajstić information content (AvgIpc) is 2.08. The van der Waals surface area contributed by atoms with Gasteiger partial charge in [0.2, 0.25) is 0 Å². The van der Waals surface area contributed by atoms with Crippen molar-refractivity contribution < 1.29 is 0 Å². The highest BCUT2D eigenvalue weighted by Crippen LogP contribution is 1.99. The second-order valence-electron chi connectivity index (χ2n) is 2.00. The Morgan fingerprint density at radius 2 is 2.08 bits per heavy atom. The van der Waals surface area contributed by atoms with Gasteiger partial charge in [-0.2, -0.15) is 0 Å². The molecule has 0 aliphatic carbocycles. The van der Waals surface area contributed by atoms with Crippen LogP contribution < -0.4 is 5.73 Å². The molecule has 0 aromatic heterocycles. The molecule has 0 aliphatic rings. The maximum absolute atomic E-state index is 5.16. The minimum atomic E-state index is 0.757. The Morgan fingerprint density at radius 1 is 1.58 bits per heavy atom. The Hall–Kier alpha value is -0.670. The van der Waals surface area contributed by atoms with Crippen LogP contribution in [0.15, 0.2) is 37.6 Å². The lowest BCUT2D eigenvalue weighted by Gasteiger charge is -2.11. The van der Waals surface area contributed by atoms with Crippen molar-refractivity contribution in [1.29, 1.82) is 0 Å². The first-order valence-corrected chi connectivity index (χ1v) is 4.10. The molecule has 0 amide bonds. The fraction of sp³-hybridized carbons (Fsp3) is 0.333. The van der Waals surface area contributed by atoms with Gasteiger partial charge in [-0.25, -0.2) is 4.31 Å². The van der Waals surface area contributed by atoms with Crippen molar-refractivity contribution in [2.75, 3.05) is 13.1 Å². The van der Waals surface area contributed by atoms with Crippen molar-refractivity contribution >= 4 is 12.8 Å². The number of hydrogen-bond donors (Lipinski definition) is 2. The Bertz CT molecular complexity index is 143. The normalized spacial score (nSPS) is 9.58. The monoisotopic (exact) mass is 186 g/mol. The average molecular weight is 186 g/mol. The maximum Gasteiger partial charge on any atom is 0.0332 e. The first-order chi connectivity index (χ1) is 5.70. The van der Waals surface area contributed by atoms with Crippen molar-refractivity contribution in [2.24, 2.45) is 5.73 Å². The van der Waals surface area contributed by atoms with Gasteiger partial charge >= 0.3 is 0 Å². The summed E-state index contributed by atoms with van der Waals surface area (Å²) in [4.78, 5) is 0. The molecule has 0 spiro atoms. The van der Waals surface area contributed by atoms with E-state index in [9.17, 15) is 0 Å². The lowest BCUT2D eigenvalue weighted by Crippen LogP contribution is -2.13. The molecule has 70 valence electrons. The summed E-state index contributed by atoms with van der Waals surface area (Å²) in [6.07, 6.45) is 3.26. The molecule has 12 heavy (non-hydrogen) atoms. The van der Waals surface area contributed by atoms with E-state index in [0.717, 1.165) is 18.7 Å². The number of rotatable bonds is 4. The third-order valence-corrected chi connectivity index (χ3v) is 1.51. The van der Waals surface area contributed by atoms with Crippen LogP contribution in [0.25, 0.3) is 0 Å². The molecule has 0 radical (unpaired) electrons. The van der Waals surface area contributed by atoms with Crippen LogP contribution >= 0.6 is 12.8 Å². The third kappa shape index (κ3) is 9.33. The predicted octanol–water partition coefficient (Wildman–Crippen LogP) is 1.98. The number of hydrogen-bond acceptors (Lipinski definition) is 3. The Kier molecular flexibility index (Phi) is 12.0. The van der Waals surface area contributed by atoms with Crippen molar-refractivity contribution in [1.82, 2.24) is 4.31 Å². The standard InChI is InChI=1S/C7H14N2S.C2H4/c1-3-9(10)6-7(2)4-5-8;1-2/h4-5,10H,2-3,6,8H2,1H3;1-2H2/b5-4-;. The van der Waals surface area contributed by atoms with Crippen LogP contribution in [0, 0.1) is 0 Å². The van der Waals surface area contributed by atoms with Crippen LogP contribution in [-0.4, -0.2) is 17.4 Å². The van der Waals surface area contributed by atoms with Gasteiger partial charge in [0.25, 0.3) is 0 Å². The van der Waals surface area contributed by atoms with Crippen molar-refractivity contribution in [3.05, 3.63) is 37.6 Å². The fourth-order valence-electron chi connectivity index (χ4n) is 0.535. The summed E-state index contributed by atoms with van der Waals surface area (Å²) in [5.74, 6) is 0. The predicted molar refractivity (Wildman–Crippen MR) is 60.0 cm³/mol. The third-order valence-electron chi connectivity index (χ3n) is 1.08. The number of nitrogens with two attached hydrogens (primary N) is 1. The Morgan fingerprint density at radius 3 is 2.42 bits per heavy atom. The van der Waals surface area contributed by atoms with Crippen LogP contribution in [0.2, 0.25) is 0 Å². The zero-order valence-electron chi connectivity index (χ0n) is 7.66. The fourth-order valence-corrected chi connectivity index (χ4v) is 0.717. The molecule has 2 N–H and O–H groups in total. The van der Waals surface area contributed by atoms with Crippen molar-refractivity contribution in [3.63, 3.8) is 0 Å². The van der Waals surface area contributed by atoms with Crippen LogP contribution in [0.3, 0.4) is 0 Å². The Balaban J connectivity index is 0. The molecule has 0 saturated carbocycles. The SMILES string of the molecule is C=C.C=C(/C=C\N)CN(S)CC. The summed E-state index contributed by atoms with van der Waals surface area (Å²) < 4.78 is 1.86. The molecule has 3 heteroatoms. The van der Waals surface area contributed by atoms with Gasteiger partial charge in [-0.3, -0.25) is 0 Å². The largest absolute Gasteiger partial charge is 0.405 e. The van der Waals surface area contributed by atoms with E-state index in [2.05, 4.69) is 32.6 Å². The van der Waals surface area contributed by atoms with Crippen LogP contribution in [0.5, 0.6) is 0 Å². The molecule has 0 fully saturated rings. The summed E-state index contributed by atoms with van der Waals surface area (Å²) in [5.41, 5.74) is 6.13. The topological polar surface area (TPSA) is 29.3 Å². The van der Waals surface area contributed by atoms with E-state index in [4.69, 9.17) is 5.73 Å². The van der Waals surface area contributed by atoms with E-state index in [1.165, 1.54) is 6.20 Å². The molecule has 0 saturated heterocycles. The van der Waals surface area contributed by atoms with E-state index in [0.29, 0.717) is 0 Å². The molecular weight excluding hydrogens is 168 g/mol. The quantitative estimate of drug-likeness (QED) is 0.399. The first kappa shape index (κ1) is 13.9. The summed E-state index contributed by atoms with van der Waals surface area (Å²) in [7, 11) is 0. The zero-order valence-corrected chi connectivity index (χ0v) is 8.56. The van der Waals surface area contributed by atoms with Crippen LogP contribution in [-0.2, 0) is 0 Å². The Labute approximate surface area is 81.0 Å².